The molecule has 0 N–H and O–H groups in total. The monoisotopic (exact) mass is 2530 g/mol. The average Bonchev–Trinajstić information content (AvgIpc) is 0.673. The van der Waals surface area contributed by atoms with Crippen molar-refractivity contribution in [2.45, 2.75) is 141 Å². The molecule has 0 aliphatic carbocycles. The van der Waals surface area contributed by atoms with Gasteiger partial charge in [-0.1, -0.05) is 0 Å². The molecule has 0 heterocycles. The highest BCUT2D eigenvalue weighted by Crippen LogP contribution is 2.74. The Morgan fingerprint density at radius 1 is 0.215 bits per heavy atom. The second kappa shape index (κ2) is 46.7. The molecule has 5 nitrogen and oxygen atoms in total. The molecule has 0 saturated heterocycles. The fourth-order valence-corrected chi connectivity index (χ4v) is 27.4. The first kappa shape index (κ1) is 142. The van der Waals surface area contributed by atoms with Gasteiger partial charge in [-0.15, -0.1) is 55.4 Å². The van der Waals surface area contributed by atoms with E-state index in [0.717, 1.165) is 13.8 Å². The Morgan fingerprint density at radius 2 is 0.409 bits per heavy atom. The van der Waals surface area contributed by atoms with Gasteiger partial charge in [-0.25, -0.2) is 96.6 Å². The van der Waals surface area contributed by atoms with E-state index in [-0.39, 0.29) is 6.92 Å². The van der Waals surface area contributed by atoms with Crippen LogP contribution in [0.1, 0.15) is 51.3 Å². The number of halogens is 77. The van der Waals surface area contributed by atoms with Crippen molar-refractivity contribution < 1.29 is 338 Å². The maximum absolute atomic E-state index is 14.6. The summed E-state index contributed by atoms with van der Waals surface area (Å²) in [6, 6.07) is 0. The van der Waals surface area contributed by atoms with E-state index in [4.69, 9.17) is 33.2 Å². The van der Waals surface area contributed by atoms with E-state index in [1.807, 2.05) is 0 Å². The van der Waals surface area contributed by atoms with Crippen molar-refractivity contribution in [1.29, 1.82) is 0 Å². The molecule has 0 aliphatic rings. The Labute approximate surface area is 798 Å². The molecule has 4 rings (SSSR count). The van der Waals surface area contributed by atoms with Crippen molar-refractivity contribution in [3.05, 3.63) is 162 Å². The molecule has 4 atom stereocenters. The summed E-state index contributed by atoms with van der Waals surface area (Å²) in [5, 5.41) is -16.1. The highest BCUT2D eigenvalue weighted by Gasteiger charge is 3.02. The highest BCUT2D eigenvalue weighted by atomic mass is 35.6. The number of hydrogen-bond acceptors (Lipinski definition) is 5. The molecule has 0 radical (unpaired) electrons. The summed E-state index contributed by atoms with van der Waals surface area (Å²) in [7, 11) is -34.9. The highest BCUT2D eigenvalue weighted by molar-refractivity contribution is 7.31. The van der Waals surface area contributed by atoms with Gasteiger partial charge < -0.3 is 22.1 Å². The van der Waals surface area contributed by atoms with Gasteiger partial charge in [0.15, 0.2) is 109 Å². The Balaban J connectivity index is 0.00000191. The van der Waals surface area contributed by atoms with Crippen LogP contribution in [0.4, 0.5) is 316 Å². The van der Waals surface area contributed by atoms with Crippen molar-refractivity contribution >= 4 is 126 Å². The van der Waals surface area contributed by atoms with Crippen LogP contribution in [-0.4, -0.2) is 166 Å². The summed E-state index contributed by atoms with van der Waals surface area (Å²) < 4.78 is 975. The summed E-state index contributed by atoms with van der Waals surface area (Å²) in [6.07, 6.45) is -61.0. The molecule has 0 saturated carbocycles. The van der Waals surface area contributed by atoms with Gasteiger partial charge in [-0.2, -0.15) is 220 Å². The van der Waals surface area contributed by atoms with E-state index >= 15 is 0 Å². The van der Waals surface area contributed by atoms with E-state index < -0.39 is 372 Å². The van der Waals surface area contributed by atoms with Gasteiger partial charge in [0, 0.05) is 33.0 Å². The molecule has 4 unspecified atom stereocenters. The summed E-state index contributed by atoms with van der Waals surface area (Å²) in [4.78, 5) is 0. The van der Waals surface area contributed by atoms with Crippen LogP contribution in [0.2, 0.25) is 5.04 Å². The third-order valence-corrected chi connectivity index (χ3v) is 39.0. The minimum Gasteiger partial charge on any atom is -0.398 e. The Hall–Kier alpha value is -7.13. The molecule has 0 aliphatic heterocycles. The van der Waals surface area contributed by atoms with Crippen molar-refractivity contribution in [2.24, 2.45) is 0 Å². The molecule has 87 heteroatoms. The van der Waals surface area contributed by atoms with Gasteiger partial charge in [0.25, 0.3) is 5.04 Å². The first-order chi connectivity index (χ1) is 65.7. The predicted octanol–water partition coefficient (Wildman–Crippen LogP) is 31.1. The zero-order valence-corrected chi connectivity index (χ0v) is 77.0. The molecule has 0 amide bonds. The van der Waals surface area contributed by atoms with Crippen LogP contribution in [0.5, 0.6) is 0 Å². The van der Waals surface area contributed by atoms with E-state index in [1.54, 1.807) is 0 Å². The maximum atomic E-state index is 14.6. The lowest BCUT2D eigenvalue weighted by atomic mass is 9.94. The van der Waals surface area contributed by atoms with Crippen LogP contribution >= 0.6 is 55.4 Å². The molecule has 0 fully saturated rings. The van der Waals surface area contributed by atoms with E-state index in [9.17, 15) is 316 Å². The van der Waals surface area contributed by atoms with Crippen LogP contribution in [0.3, 0.4) is 0 Å². The molecular weight excluding hydrogens is 2510 g/mol. The normalized spacial score (nSPS) is 15.3. The predicted molar refractivity (Wildman–Crippen MR) is 364 cm³/mol. The molecule has 0 spiro atoms. The van der Waals surface area contributed by atoms with Crippen molar-refractivity contribution in [3.8, 4) is 0 Å². The molecule has 0 bridgehead atoms. The summed E-state index contributed by atoms with van der Waals surface area (Å²) in [5.41, 5.74) is -34.7. The van der Waals surface area contributed by atoms with Gasteiger partial charge in [-0.05, 0) is 34.6 Å². The molecule has 4 aromatic carbocycles. The average molecular weight is 2540 g/mol. The fraction of sp³-hybridized carbons (Fsp3) is 0.452. The third-order valence-electron chi connectivity index (χ3n) is 17.2. The number of hydrogen-bond donors (Lipinski definition) is 0. The van der Waals surface area contributed by atoms with Gasteiger partial charge in [0.1, 0.15) is 5.56 Å². The van der Waals surface area contributed by atoms with E-state index in [0.29, 0.717) is 6.92 Å². The number of benzene rings is 4. The van der Waals surface area contributed by atoms with Crippen molar-refractivity contribution in [2.75, 3.05) is 33.0 Å². The number of rotatable bonds is 31. The van der Waals surface area contributed by atoms with Crippen LogP contribution in [-0.2, 0) is 28.3 Å². The molecule has 862 valence electrons. The Morgan fingerprint density at radius 3 is 0.597 bits per heavy atom. The smallest absolute Gasteiger partial charge is 0.398 e. The standard InChI is InChI=1S/C17H5ClF14OSi.C16H5ClF12OSi.C15H5ClF28OSi.C8H5ClF12OSi.C6H5ClF6OSi/c1-2-33-34(18,15-12(26)8(22)4(17(30,31)32)9(23)13(15)27)14-10(24)5(19)3(6(20)11(14)25)7(21)16(28)29;1-2-30-31(17,15-12(26)8(22)7(21)9(23)13(15)27)14-10(24)4(18)3(5(19)11(14)25)6(20)16(28)29;1-2-45-46(16,15(43,44)11(33,34)7(25,26)5(21,22)9(29,30)13(38,39)40)14(41,42)10(31,32)6(23,24)3(17,18)4(19,20)8(27,28)12(35,36)37;1-2-22-23(9,4(12)3(10)11)5(6(13,14)15,7(16,17)18)8(19,20)21;1-2-14-15(7,5(12)3(8)9)6(13)4(10)11/h2H2,1H3;2H2,1H3;2H2,1H3;2H2,1H3;2H2,1H3. The maximum Gasteiger partial charge on any atom is 0.460 e. The zero-order chi connectivity index (χ0) is 120. The number of alkyl halides is 40. The zero-order valence-electron chi connectivity index (χ0n) is 68.2. The topological polar surface area (TPSA) is 46.2 Å². The molecule has 4 aromatic rings. The van der Waals surface area contributed by atoms with Crippen molar-refractivity contribution in [1.82, 2.24) is 0 Å². The molecule has 149 heavy (non-hydrogen) atoms. The Kier molecular flexibility index (Phi) is 44.5. The van der Waals surface area contributed by atoms with Crippen LogP contribution < -0.4 is 20.7 Å². The molecule has 0 aromatic heterocycles. The van der Waals surface area contributed by atoms with E-state index in [1.165, 1.54) is 6.92 Å². The minimum absolute atomic E-state index is 0.290. The SMILES string of the molecule is CCO[Si](Cl)(C(F)(F)C(F)(F)C(F)(F)C(F)(F)C(F)(F)C(F)(F)F)C(F)(F)C(F)(F)C(F)(F)C(F)(F)C(F)(F)C(F)(F)C(F)(F)F.CCO[Si](Cl)(C(F)=C(F)F)C(C(F)(F)F)(C(F)(F)F)C(F)(F)F.CCO[Si](Cl)(C(F)=C(F)F)C(F)=C(F)F.CCO[Si](Cl)(c1c(F)c(F)c(C(F)=C(F)F)c(F)c1F)c1c(F)c(F)c(C(F)(F)F)c(F)c1F.CCO[Si](Cl)(c1c(F)c(F)c(F)c(F)c1F)c1c(F)c(F)c(C(F)=C(F)F)c(F)c1F. The first-order valence-corrected chi connectivity index (χ1v) is 49.2. The van der Waals surface area contributed by atoms with Crippen molar-refractivity contribution in [3.63, 3.8) is 0 Å². The van der Waals surface area contributed by atoms with Gasteiger partial charge in [0.05, 0.1) is 31.9 Å². The first-order valence-electron chi connectivity index (χ1n) is 34.6. The van der Waals surface area contributed by atoms with E-state index in [2.05, 4.69) is 44.3 Å². The Bertz CT molecular complexity index is 5470. The third kappa shape index (κ3) is 23.8. The lowest BCUT2D eigenvalue weighted by Gasteiger charge is -2.48. The second-order valence-corrected chi connectivity index (χ2v) is 46.7. The van der Waals surface area contributed by atoms with Crippen LogP contribution in [0, 0.1) is 98.9 Å². The summed E-state index contributed by atoms with van der Waals surface area (Å²) in [5.74, 6) is -137. The minimum atomic E-state index is -10.1. The fourth-order valence-electron chi connectivity index (χ4n) is 10.5. The lowest BCUT2D eigenvalue weighted by molar-refractivity contribution is -0.450. The van der Waals surface area contributed by atoms with Gasteiger partial charge >= 0.3 is 170 Å². The quantitative estimate of drug-likeness (QED) is 0.0165. The van der Waals surface area contributed by atoms with Crippen LogP contribution in [0.25, 0.3) is 11.7 Å². The summed E-state index contributed by atoms with van der Waals surface area (Å²) in [6.45, 7) is -3.04. The largest absolute Gasteiger partial charge is 0.460 e. The van der Waals surface area contributed by atoms with Crippen LogP contribution in [0.15, 0.2) is 46.8 Å². The van der Waals surface area contributed by atoms with Gasteiger partial charge in [0.2, 0.25) is 17.5 Å². The van der Waals surface area contributed by atoms with Gasteiger partial charge in [-0.3, -0.25) is 0 Å². The lowest BCUT2D eigenvalue weighted by Crippen LogP contribution is -2.82. The molecular formula is C62H25Cl5F72O5Si5. The second-order valence-electron chi connectivity index (χ2n) is 26.0. The summed E-state index contributed by atoms with van der Waals surface area (Å²) >= 11 is 25.1.